The van der Waals surface area contributed by atoms with Crippen LogP contribution in [0.3, 0.4) is 0 Å². The monoisotopic (exact) mass is 254 g/mol. The molecule has 1 saturated heterocycles. The highest BCUT2D eigenvalue weighted by atomic mass is 35.5. The Balaban J connectivity index is 2.39. The maximum atomic E-state index is 11.6. The molecule has 1 aromatic rings. The molecule has 0 bridgehead atoms. The predicted octanol–water partition coefficient (Wildman–Crippen LogP) is 2.25. The third-order valence-corrected chi connectivity index (χ3v) is 2.94. The minimum atomic E-state index is -0.463. The maximum absolute atomic E-state index is 11.6. The van der Waals surface area contributed by atoms with Crippen molar-refractivity contribution in [3.05, 3.63) is 33.9 Å². The average molecular weight is 255 g/mol. The SMILES string of the molecule is Cc1cc(N2CC(Cl)CC2=O)cc([N+](=O)[O-])c1. The molecule has 1 aliphatic rings. The molecule has 90 valence electrons. The first-order valence-corrected chi connectivity index (χ1v) is 5.61. The summed E-state index contributed by atoms with van der Waals surface area (Å²) in [5.74, 6) is -0.0927. The second kappa shape index (κ2) is 4.33. The maximum Gasteiger partial charge on any atom is 0.271 e. The molecule has 0 aromatic heterocycles. The number of non-ortho nitro benzene ring substituents is 1. The lowest BCUT2D eigenvalue weighted by molar-refractivity contribution is -0.384. The van der Waals surface area contributed by atoms with Crippen LogP contribution in [0.4, 0.5) is 11.4 Å². The number of anilines is 1. The molecule has 0 saturated carbocycles. The fraction of sp³-hybridized carbons (Fsp3) is 0.364. The van der Waals surface area contributed by atoms with Crippen molar-refractivity contribution in [3.8, 4) is 0 Å². The molecule has 1 heterocycles. The number of hydrogen-bond acceptors (Lipinski definition) is 3. The van der Waals surface area contributed by atoms with Crippen LogP contribution in [-0.4, -0.2) is 22.8 Å². The van der Waals surface area contributed by atoms with Gasteiger partial charge in [0.05, 0.1) is 16.0 Å². The highest BCUT2D eigenvalue weighted by Crippen LogP contribution is 2.28. The summed E-state index contributed by atoms with van der Waals surface area (Å²) < 4.78 is 0. The Morgan fingerprint density at radius 2 is 2.18 bits per heavy atom. The van der Waals surface area contributed by atoms with E-state index in [0.29, 0.717) is 12.2 Å². The normalized spacial score (nSPS) is 19.8. The summed E-state index contributed by atoms with van der Waals surface area (Å²) in [5, 5.41) is 10.5. The smallest absolute Gasteiger partial charge is 0.271 e. The number of aryl methyl sites for hydroxylation is 1. The van der Waals surface area contributed by atoms with Gasteiger partial charge in [-0.15, -0.1) is 11.6 Å². The standard InChI is InChI=1S/C11H11ClN2O3/c1-7-2-9(5-10(3-7)14(16)17)13-6-8(12)4-11(13)15/h2-3,5,8H,4,6H2,1H3. The number of benzene rings is 1. The number of carbonyl (C=O) groups excluding carboxylic acids is 1. The van der Waals surface area contributed by atoms with E-state index in [0.717, 1.165) is 5.56 Å². The van der Waals surface area contributed by atoms with E-state index < -0.39 is 4.92 Å². The zero-order chi connectivity index (χ0) is 12.6. The average Bonchev–Trinajstić information content (AvgIpc) is 2.57. The number of nitro benzene ring substituents is 1. The third kappa shape index (κ3) is 2.39. The molecule has 1 aliphatic heterocycles. The van der Waals surface area contributed by atoms with E-state index in [1.54, 1.807) is 13.0 Å². The molecule has 1 amide bonds. The van der Waals surface area contributed by atoms with Crippen molar-refractivity contribution in [2.45, 2.75) is 18.7 Å². The summed E-state index contributed by atoms with van der Waals surface area (Å²) in [4.78, 5) is 23.4. The molecule has 0 spiro atoms. The summed E-state index contributed by atoms with van der Waals surface area (Å²) in [6.07, 6.45) is 0.281. The first kappa shape index (κ1) is 11.9. The number of carbonyl (C=O) groups is 1. The Kier molecular flexibility index (Phi) is 3.02. The summed E-state index contributed by atoms with van der Waals surface area (Å²) in [6.45, 7) is 2.16. The largest absolute Gasteiger partial charge is 0.311 e. The number of rotatable bonds is 2. The van der Waals surface area contributed by atoms with Gasteiger partial charge in [0, 0.05) is 25.1 Å². The first-order chi connectivity index (χ1) is 7.97. The molecule has 5 nitrogen and oxygen atoms in total. The van der Waals surface area contributed by atoms with E-state index >= 15 is 0 Å². The Morgan fingerprint density at radius 1 is 1.47 bits per heavy atom. The Bertz CT molecular complexity index is 490. The molecular weight excluding hydrogens is 244 g/mol. The molecular formula is C11H11ClN2O3. The van der Waals surface area contributed by atoms with Crippen LogP contribution in [-0.2, 0) is 4.79 Å². The van der Waals surface area contributed by atoms with Gasteiger partial charge in [-0.3, -0.25) is 14.9 Å². The summed E-state index contributed by atoms with van der Waals surface area (Å²) in [7, 11) is 0. The fourth-order valence-electron chi connectivity index (χ4n) is 1.92. The van der Waals surface area contributed by atoms with Crippen LogP contribution in [0.1, 0.15) is 12.0 Å². The van der Waals surface area contributed by atoms with Gasteiger partial charge in [0.25, 0.3) is 5.69 Å². The van der Waals surface area contributed by atoms with Gasteiger partial charge < -0.3 is 4.90 Å². The number of nitrogens with zero attached hydrogens (tertiary/aromatic N) is 2. The predicted molar refractivity (Wildman–Crippen MR) is 64.4 cm³/mol. The zero-order valence-electron chi connectivity index (χ0n) is 9.22. The van der Waals surface area contributed by atoms with Crippen LogP contribution < -0.4 is 4.90 Å². The van der Waals surface area contributed by atoms with E-state index in [1.807, 2.05) is 0 Å². The van der Waals surface area contributed by atoms with Gasteiger partial charge in [0.2, 0.25) is 5.91 Å². The highest BCUT2D eigenvalue weighted by Gasteiger charge is 2.30. The molecule has 0 aliphatic carbocycles. The van der Waals surface area contributed by atoms with E-state index in [9.17, 15) is 14.9 Å². The lowest BCUT2D eigenvalue weighted by atomic mass is 10.2. The number of halogens is 1. The van der Waals surface area contributed by atoms with Crippen LogP contribution in [0.25, 0.3) is 0 Å². The molecule has 6 heteroatoms. The van der Waals surface area contributed by atoms with E-state index in [4.69, 9.17) is 11.6 Å². The van der Waals surface area contributed by atoms with Crippen molar-refractivity contribution >= 4 is 28.9 Å². The van der Waals surface area contributed by atoms with Gasteiger partial charge in [-0.1, -0.05) is 0 Å². The Morgan fingerprint density at radius 3 is 2.71 bits per heavy atom. The topological polar surface area (TPSA) is 63.5 Å². The molecule has 1 unspecified atom stereocenters. The molecule has 0 N–H and O–H groups in total. The molecule has 1 aromatic carbocycles. The molecule has 1 atom stereocenters. The highest BCUT2D eigenvalue weighted by molar-refractivity contribution is 6.24. The van der Waals surface area contributed by atoms with Crippen LogP contribution >= 0.6 is 11.6 Å². The summed E-state index contributed by atoms with van der Waals surface area (Å²) >= 11 is 5.90. The lowest BCUT2D eigenvalue weighted by Gasteiger charge is -2.16. The van der Waals surface area contributed by atoms with Gasteiger partial charge >= 0.3 is 0 Å². The second-order valence-electron chi connectivity index (χ2n) is 4.09. The Hall–Kier alpha value is -1.62. The van der Waals surface area contributed by atoms with Gasteiger partial charge in [0.15, 0.2) is 0 Å². The lowest BCUT2D eigenvalue weighted by Crippen LogP contribution is -2.24. The number of hydrogen-bond donors (Lipinski definition) is 0. The van der Waals surface area contributed by atoms with Crippen molar-refractivity contribution in [1.29, 1.82) is 0 Å². The minimum absolute atomic E-state index is 0.00850. The van der Waals surface area contributed by atoms with Gasteiger partial charge in [-0.05, 0) is 18.6 Å². The van der Waals surface area contributed by atoms with Crippen molar-refractivity contribution in [3.63, 3.8) is 0 Å². The van der Waals surface area contributed by atoms with Crippen molar-refractivity contribution in [1.82, 2.24) is 0 Å². The number of amides is 1. The van der Waals surface area contributed by atoms with Crippen molar-refractivity contribution < 1.29 is 9.72 Å². The van der Waals surface area contributed by atoms with Gasteiger partial charge in [-0.2, -0.15) is 0 Å². The van der Waals surface area contributed by atoms with Gasteiger partial charge in [-0.25, -0.2) is 0 Å². The number of nitro groups is 1. The summed E-state index contributed by atoms with van der Waals surface area (Å²) in [6, 6.07) is 4.63. The van der Waals surface area contributed by atoms with Crippen LogP contribution in [0.15, 0.2) is 18.2 Å². The van der Waals surface area contributed by atoms with Crippen molar-refractivity contribution in [2.24, 2.45) is 0 Å². The Labute approximate surface area is 103 Å². The van der Waals surface area contributed by atoms with Crippen LogP contribution in [0.2, 0.25) is 0 Å². The molecule has 2 rings (SSSR count). The van der Waals surface area contributed by atoms with Gasteiger partial charge in [0.1, 0.15) is 0 Å². The van der Waals surface area contributed by atoms with Crippen molar-refractivity contribution in [2.75, 3.05) is 11.4 Å². The third-order valence-electron chi connectivity index (χ3n) is 2.65. The second-order valence-corrected chi connectivity index (χ2v) is 4.71. The van der Waals surface area contributed by atoms with Crippen LogP contribution in [0.5, 0.6) is 0 Å². The van der Waals surface area contributed by atoms with Crippen LogP contribution in [0, 0.1) is 17.0 Å². The minimum Gasteiger partial charge on any atom is -0.311 e. The quantitative estimate of drug-likeness (QED) is 0.462. The fourth-order valence-corrected chi connectivity index (χ4v) is 2.19. The first-order valence-electron chi connectivity index (χ1n) is 5.18. The molecule has 1 fully saturated rings. The summed E-state index contributed by atoms with van der Waals surface area (Å²) in [5.41, 5.74) is 1.29. The van der Waals surface area contributed by atoms with E-state index in [2.05, 4.69) is 0 Å². The number of alkyl halides is 1. The van der Waals surface area contributed by atoms with E-state index in [-0.39, 0.29) is 23.4 Å². The molecule has 17 heavy (non-hydrogen) atoms. The molecule has 0 radical (unpaired) electrons. The van der Waals surface area contributed by atoms with E-state index in [1.165, 1.54) is 17.0 Å². The zero-order valence-corrected chi connectivity index (χ0v) is 9.98.